The van der Waals surface area contributed by atoms with Crippen LogP contribution in [0.4, 0.5) is 0 Å². The van der Waals surface area contributed by atoms with E-state index in [0.29, 0.717) is 0 Å². The molecule has 1 amide bonds. The van der Waals surface area contributed by atoms with E-state index in [9.17, 15) is 9.59 Å². The van der Waals surface area contributed by atoms with Crippen LogP contribution in [0.25, 0.3) is 0 Å². The van der Waals surface area contributed by atoms with Gasteiger partial charge in [-0.05, 0) is 7.05 Å². The fraction of sp³-hybridized carbons (Fsp3) is 0.600. The van der Waals surface area contributed by atoms with Crippen LogP contribution in [0.2, 0.25) is 0 Å². The quantitative estimate of drug-likeness (QED) is 0.488. The number of nitrogens with two attached hydrogens (primary N) is 1. The molecule has 0 unspecified atom stereocenters. The Kier molecular flexibility index (Phi) is 3.62. The van der Waals surface area contributed by atoms with Crippen molar-refractivity contribution >= 4 is 12.2 Å². The minimum Gasteiger partial charge on any atom is -0.370 e. The lowest BCUT2D eigenvalue weighted by Gasteiger charge is -2.02. The highest BCUT2D eigenvalue weighted by Gasteiger charge is 2.07. The molecule has 3 N–H and O–H groups in total. The number of hydrogen-bond acceptors (Lipinski definition) is 3. The summed E-state index contributed by atoms with van der Waals surface area (Å²) in [4.78, 5) is 20.0. The zero-order valence-corrected chi connectivity index (χ0v) is 5.18. The summed E-state index contributed by atoms with van der Waals surface area (Å²) < 4.78 is 0. The van der Waals surface area contributed by atoms with E-state index in [1.165, 1.54) is 0 Å². The molecule has 0 aromatic heterocycles. The van der Waals surface area contributed by atoms with Gasteiger partial charge in [0.1, 0.15) is 0 Å². The topological polar surface area (TPSA) is 72.2 Å². The van der Waals surface area contributed by atoms with Gasteiger partial charge in [-0.1, -0.05) is 0 Å². The summed E-state index contributed by atoms with van der Waals surface area (Å²) in [5, 5.41) is 2.56. The Balaban J connectivity index is 3.55. The molecule has 0 aliphatic carbocycles. The van der Waals surface area contributed by atoms with Crippen molar-refractivity contribution in [3.05, 3.63) is 0 Å². The van der Waals surface area contributed by atoms with Crippen LogP contribution < -0.4 is 11.1 Å². The molecule has 0 aromatic carbocycles. The SMILES string of the molecule is CN[C@@H]([C]=O)CC(N)=O. The number of likely N-dealkylation sites (N-methyl/N-ethyl adjacent to an activating group) is 1. The summed E-state index contributed by atoms with van der Waals surface area (Å²) in [5.74, 6) is -0.502. The molecule has 0 rings (SSSR count). The Bertz CT molecular complexity index is 114. The second-order valence-electron chi connectivity index (χ2n) is 1.63. The Morgan fingerprint density at radius 3 is 2.56 bits per heavy atom. The van der Waals surface area contributed by atoms with E-state index in [1.807, 2.05) is 0 Å². The molecule has 51 valence electrons. The number of carbonyl (C=O) groups excluding carboxylic acids is 2. The largest absolute Gasteiger partial charge is 0.370 e. The second-order valence-corrected chi connectivity index (χ2v) is 1.63. The first-order valence-corrected chi connectivity index (χ1v) is 2.54. The fourth-order valence-electron chi connectivity index (χ4n) is 0.404. The third kappa shape index (κ3) is 3.66. The highest BCUT2D eigenvalue weighted by Crippen LogP contribution is 1.82. The van der Waals surface area contributed by atoms with Gasteiger partial charge in [0.25, 0.3) is 0 Å². The number of rotatable bonds is 4. The first-order chi connectivity index (χ1) is 4.20. The summed E-state index contributed by atoms with van der Waals surface area (Å²) >= 11 is 0. The maximum atomic E-state index is 10.1. The molecule has 0 aliphatic heterocycles. The third-order valence-electron chi connectivity index (χ3n) is 0.896. The molecule has 0 saturated carbocycles. The van der Waals surface area contributed by atoms with Crippen LogP contribution in [-0.4, -0.2) is 25.3 Å². The van der Waals surface area contributed by atoms with Crippen LogP contribution in [0.15, 0.2) is 0 Å². The first-order valence-electron chi connectivity index (χ1n) is 2.54. The maximum Gasteiger partial charge on any atom is 0.219 e. The summed E-state index contributed by atoms with van der Waals surface area (Å²) in [5.41, 5.74) is 4.79. The van der Waals surface area contributed by atoms with Crippen molar-refractivity contribution in [3.63, 3.8) is 0 Å². The van der Waals surface area contributed by atoms with Gasteiger partial charge in [-0.15, -0.1) is 0 Å². The molecule has 0 aliphatic rings. The number of amides is 1. The van der Waals surface area contributed by atoms with Crippen molar-refractivity contribution in [2.24, 2.45) is 5.73 Å². The molecule has 1 radical (unpaired) electrons. The second kappa shape index (κ2) is 4.03. The van der Waals surface area contributed by atoms with E-state index >= 15 is 0 Å². The Morgan fingerprint density at radius 1 is 1.89 bits per heavy atom. The molecule has 4 nitrogen and oxygen atoms in total. The van der Waals surface area contributed by atoms with Crippen LogP contribution in [0.3, 0.4) is 0 Å². The van der Waals surface area contributed by atoms with E-state index in [2.05, 4.69) is 5.32 Å². The Labute approximate surface area is 53.4 Å². The van der Waals surface area contributed by atoms with Crippen molar-refractivity contribution < 1.29 is 9.59 Å². The smallest absolute Gasteiger partial charge is 0.219 e. The van der Waals surface area contributed by atoms with Gasteiger partial charge in [0.05, 0.1) is 6.04 Å². The van der Waals surface area contributed by atoms with Crippen LogP contribution in [-0.2, 0) is 9.59 Å². The Morgan fingerprint density at radius 2 is 2.44 bits per heavy atom. The van der Waals surface area contributed by atoms with Gasteiger partial charge in [-0.2, -0.15) is 0 Å². The molecule has 0 bridgehead atoms. The van der Waals surface area contributed by atoms with E-state index in [-0.39, 0.29) is 6.42 Å². The molecular weight excluding hydrogens is 120 g/mol. The monoisotopic (exact) mass is 129 g/mol. The maximum absolute atomic E-state index is 10.1. The molecule has 1 atom stereocenters. The molecule has 0 spiro atoms. The predicted molar refractivity (Wildman–Crippen MR) is 32.4 cm³/mol. The predicted octanol–water partition coefficient (Wildman–Crippen LogP) is -1.44. The lowest BCUT2D eigenvalue weighted by molar-refractivity contribution is -0.118. The van der Waals surface area contributed by atoms with Gasteiger partial charge in [0.2, 0.25) is 12.2 Å². The van der Waals surface area contributed by atoms with Crippen molar-refractivity contribution in [3.8, 4) is 0 Å². The molecule has 4 heteroatoms. The lowest BCUT2D eigenvalue weighted by Crippen LogP contribution is -2.31. The van der Waals surface area contributed by atoms with Crippen LogP contribution >= 0.6 is 0 Å². The molecule has 9 heavy (non-hydrogen) atoms. The molecule has 0 fully saturated rings. The van der Waals surface area contributed by atoms with Crippen molar-refractivity contribution in [2.45, 2.75) is 12.5 Å². The molecular formula is C5H9N2O2. The Hall–Kier alpha value is -0.900. The van der Waals surface area contributed by atoms with E-state index < -0.39 is 11.9 Å². The number of carbonyl (C=O) groups is 1. The zero-order chi connectivity index (χ0) is 7.28. The van der Waals surface area contributed by atoms with E-state index in [0.717, 1.165) is 0 Å². The van der Waals surface area contributed by atoms with Crippen molar-refractivity contribution in [1.82, 2.24) is 5.32 Å². The minimum absolute atomic E-state index is 0.0139. The summed E-state index contributed by atoms with van der Waals surface area (Å²) in [6, 6.07) is -0.553. The average molecular weight is 129 g/mol. The standard InChI is InChI=1S/C5H9N2O2/c1-7-4(3-8)2-5(6)9/h4,7H,2H2,1H3,(H2,6,9)/t4-/m1/s1. The molecule has 0 aromatic rings. The summed E-state index contributed by atoms with van der Waals surface area (Å²) in [7, 11) is 1.57. The molecule has 0 saturated heterocycles. The molecule has 0 heterocycles. The van der Waals surface area contributed by atoms with Crippen LogP contribution in [0, 0.1) is 0 Å². The van der Waals surface area contributed by atoms with Gasteiger partial charge >= 0.3 is 0 Å². The van der Waals surface area contributed by atoms with Gasteiger partial charge in [0.15, 0.2) is 0 Å². The van der Waals surface area contributed by atoms with Gasteiger partial charge in [0, 0.05) is 6.42 Å². The highest BCUT2D eigenvalue weighted by molar-refractivity contribution is 5.78. The van der Waals surface area contributed by atoms with E-state index in [1.54, 1.807) is 13.3 Å². The van der Waals surface area contributed by atoms with Gasteiger partial charge in [-0.3, -0.25) is 9.59 Å². The fourth-order valence-corrected chi connectivity index (χ4v) is 0.404. The third-order valence-corrected chi connectivity index (χ3v) is 0.896. The van der Waals surface area contributed by atoms with Gasteiger partial charge < -0.3 is 11.1 Å². The highest BCUT2D eigenvalue weighted by atomic mass is 16.1. The normalized spacial score (nSPS) is 12.6. The van der Waals surface area contributed by atoms with E-state index in [4.69, 9.17) is 5.73 Å². The number of hydrogen-bond donors (Lipinski definition) is 2. The number of primary amides is 1. The van der Waals surface area contributed by atoms with Crippen molar-refractivity contribution in [1.29, 1.82) is 0 Å². The minimum atomic E-state index is -0.553. The van der Waals surface area contributed by atoms with Gasteiger partial charge in [-0.25, -0.2) is 0 Å². The van der Waals surface area contributed by atoms with Crippen LogP contribution in [0.1, 0.15) is 6.42 Å². The average Bonchev–Trinajstić information content (AvgIpc) is 1.82. The van der Waals surface area contributed by atoms with Crippen molar-refractivity contribution in [2.75, 3.05) is 7.05 Å². The summed E-state index contributed by atoms with van der Waals surface area (Å²) in [6.07, 6.45) is 1.64. The zero-order valence-electron chi connectivity index (χ0n) is 5.18. The first kappa shape index (κ1) is 8.10. The number of nitrogens with one attached hydrogen (secondary N) is 1. The summed E-state index contributed by atoms with van der Waals surface area (Å²) in [6.45, 7) is 0. The lowest BCUT2D eigenvalue weighted by atomic mass is 10.2. The van der Waals surface area contributed by atoms with Crippen LogP contribution in [0.5, 0.6) is 0 Å².